The van der Waals surface area contributed by atoms with Crippen molar-refractivity contribution in [2.45, 2.75) is 0 Å². The monoisotopic (exact) mass is 265 g/mol. The van der Waals surface area contributed by atoms with Gasteiger partial charge in [0.05, 0.1) is 29.8 Å². The van der Waals surface area contributed by atoms with Crippen molar-refractivity contribution >= 4 is 11.0 Å². The second kappa shape index (κ2) is 4.59. The maximum absolute atomic E-state index is 11.5. The Bertz CT molecular complexity index is 884. The van der Waals surface area contributed by atoms with Gasteiger partial charge in [0.25, 0.3) is 0 Å². The van der Waals surface area contributed by atoms with Gasteiger partial charge in [-0.3, -0.25) is 0 Å². The third-order valence-corrected chi connectivity index (χ3v) is 3.17. The van der Waals surface area contributed by atoms with E-state index in [1.165, 1.54) is 0 Å². The zero-order valence-corrected chi connectivity index (χ0v) is 10.7. The molecule has 0 fully saturated rings. The molecular formula is C15H11N3O2. The van der Waals surface area contributed by atoms with Gasteiger partial charge < -0.3 is 14.7 Å². The molecule has 0 aliphatic carbocycles. The minimum Gasteiger partial charge on any atom is -0.496 e. The number of nitrogens with zero attached hydrogens (tertiary/aromatic N) is 1. The molecule has 1 aromatic heterocycles. The summed E-state index contributed by atoms with van der Waals surface area (Å²) in [6.45, 7) is 0. The highest BCUT2D eigenvalue weighted by molar-refractivity contribution is 5.93. The lowest BCUT2D eigenvalue weighted by Crippen LogP contribution is -1.99. The highest BCUT2D eigenvalue weighted by Gasteiger charge is 2.12. The number of hydrogen-bond donors (Lipinski definition) is 2. The Morgan fingerprint density at radius 3 is 2.75 bits per heavy atom. The van der Waals surface area contributed by atoms with Gasteiger partial charge in [0, 0.05) is 11.1 Å². The lowest BCUT2D eigenvalue weighted by atomic mass is 10.0. The second-order valence-electron chi connectivity index (χ2n) is 4.33. The molecule has 0 amide bonds. The van der Waals surface area contributed by atoms with E-state index < -0.39 is 0 Å². The summed E-state index contributed by atoms with van der Waals surface area (Å²) in [5.74, 6) is 0.651. The first-order chi connectivity index (χ1) is 9.72. The molecule has 3 rings (SSSR count). The predicted octanol–water partition coefficient (Wildman–Crippen LogP) is 2.40. The van der Waals surface area contributed by atoms with E-state index in [1.807, 2.05) is 18.2 Å². The maximum atomic E-state index is 11.5. The lowest BCUT2D eigenvalue weighted by Gasteiger charge is -2.09. The van der Waals surface area contributed by atoms with Crippen LogP contribution in [0.3, 0.4) is 0 Å². The van der Waals surface area contributed by atoms with E-state index in [9.17, 15) is 4.79 Å². The highest BCUT2D eigenvalue weighted by Crippen LogP contribution is 2.34. The van der Waals surface area contributed by atoms with Gasteiger partial charge in [-0.25, -0.2) is 4.79 Å². The second-order valence-corrected chi connectivity index (χ2v) is 4.33. The number of nitrogens with one attached hydrogen (secondary N) is 2. The van der Waals surface area contributed by atoms with Gasteiger partial charge in [0.2, 0.25) is 0 Å². The number of aromatic nitrogens is 2. The fourth-order valence-electron chi connectivity index (χ4n) is 2.27. The Hall–Kier alpha value is -3.00. The van der Waals surface area contributed by atoms with E-state index in [1.54, 1.807) is 25.3 Å². The lowest BCUT2D eigenvalue weighted by molar-refractivity contribution is 0.416. The fourth-order valence-corrected chi connectivity index (χ4v) is 2.27. The van der Waals surface area contributed by atoms with E-state index in [-0.39, 0.29) is 5.69 Å². The van der Waals surface area contributed by atoms with Gasteiger partial charge in [-0.05, 0) is 24.3 Å². The van der Waals surface area contributed by atoms with Crippen molar-refractivity contribution in [3.05, 3.63) is 52.4 Å². The zero-order valence-electron chi connectivity index (χ0n) is 10.7. The van der Waals surface area contributed by atoms with Crippen LogP contribution in [0.15, 0.2) is 41.2 Å². The molecule has 0 aliphatic rings. The number of H-pyrrole nitrogens is 2. The first kappa shape index (κ1) is 12.1. The summed E-state index contributed by atoms with van der Waals surface area (Å²) in [7, 11) is 1.57. The van der Waals surface area contributed by atoms with Gasteiger partial charge >= 0.3 is 5.69 Å². The molecule has 5 nitrogen and oxygen atoms in total. The summed E-state index contributed by atoms with van der Waals surface area (Å²) in [6, 6.07) is 12.8. The number of para-hydroxylation sites is 1. The number of imidazole rings is 1. The first-order valence-corrected chi connectivity index (χ1v) is 6.02. The van der Waals surface area contributed by atoms with Crippen LogP contribution in [-0.2, 0) is 0 Å². The Morgan fingerprint density at radius 1 is 1.15 bits per heavy atom. The molecule has 3 aromatic rings. The molecule has 0 atom stereocenters. The topological polar surface area (TPSA) is 81.7 Å². The molecular weight excluding hydrogens is 254 g/mol. The minimum atomic E-state index is -0.261. The smallest absolute Gasteiger partial charge is 0.323 e. The molecule has 5 heteroatoms. The molecule has 0 bridgehead atoms. The molecule has 0 aliphatic heterocycles. The predicted molar refractivity (Wildman–Crippen MR) is 75.6 cm³/mol. The summed E-state index contributed by atoms with van der Waals surface area (Å²) in [4.78, 5) is 16.9. The molecule has 98 valence electrons. The summed E-state index contributed by atoms with van der Waals surface area (Å²) in [5, 5.41) is 9.04. The minimum absolute atomic E-state index is 0.261. The van der Waals surface area contributed by atoms with E-state index in [2.05, 4.69) is 16.0 Å². The first-order valence-electron chi connectivity index (χ1n) is 6.02. The Kier molecular flexibility index (Phi) is 2.77. The number of rotatable bonds is 2. The molecule has 0 saturated heterocycles. The number of benzene rings is 2. The normalized spacial score (nSPS) is 10.4. The highest BCUT2D eigenvalue weighted by atomic mass is 16.5. The van der Waals surface area contributed by atoms with Crippen LogP contribution in [0.2, 0.25) is 0 Å². The van der Waals surface area contributed by atoms with Crippen molar-refractivity contribution in [2.24, 2.45) is 0 Å². The average molecular weight is 265 g/mol. The van der Waals surface area contributed by atoms with E-state index in [0.717, 1.165) is 16.6 Å². The van der Waals surface area contributed by atoms with Crippen LogP contribution in [0, 0.1) is 11.3 Å². The number of nitriles is 1. The standard InChI is InChI=1S/C15H11N3O2/c1-20-13-6-5-9(8-16)7-11(13)10-3-2-4-12-14(10)18-15(19)17-12/h2-7H,1H3,(H2,17,18,19). The Labute approximate surface area is 114 Å². The van der Waals surface area contributed by atoms with Gasteiger partial charge in [-0.1, -0.05) is 12.1 Å². The summed E-state index contributed by atoms with van der Waals surface area (Å²) < 4.78 is 5.34. The summed E-state index contributed by atoms with van der Waals surface area (Å²) in [6.07, 6.45) is 0. The van der Waals surface area contributed by atoms with Crippen LogP contribution in [0.25, 0.3) is 22.2 Å². The van der Waals surface area contributed by atoms with Crippen molar-refractivity contribution in [3.63, 3.8) is 0 Å². The van der Waals surface area contributed by atoms with Crippen LogP contribution in [-0.4, -0.2) is 17.1 Å². The molecule has 2 N–H and O–H groups in total. The number of methoxy groups -OCH3 is 1. The quantitative estimate of drug-likeness (QED) is 0.746. The maximum Gasteiger partial charge on any atom is 0.323 e. The van der Waals surface area contributed by atoms with Crippen molar-refractivity contribution < 1.29 is 4.74 Å². The third-order valence-electron chi connectivity index (χ3n) is 3.17. The van der Waals surface area contributed by atoms with Gasteiger partial charge in [-0.15, -0.1) is 0 Å². The number of hydrogen-bond acceptors (Lipinski definition) is 3. The van der Waals surface area contributed by atoms with Gasteiger partial charge in [0.15, 0.2) is 0 Å². The van der Waals surface area contributed by atoms with Crippen LogP contribution >= 0.6 is 0 Å². The number of fused-ring (bicyclic) bond motifs is 1. The van der Waals surface area contributed by atoms with E-state index >= 15 is 0 Å². The SMILES string of the molecule is COc1ccc(C#N)cc1-c1cccc2[nH]c(=O)[nH]c12. The van der Waals surface area contributed by atoms with E-state index in [0.29, 0.717) is 16.8 Å². The molecule has 1 heterocycles. The van der Waals surface area contributed by atoms with Crippen LogP contribution in [0.4, 0.5) is 0 Å². The number of aromatic amines is 2. The van der Waals surface area contributed by atoms with E-state index in [4.69, 9.17) is 10.00 Å². The third kappa shape index (κ3) is 1.84. The molecule has 0 saturated carbocycles. The van der Waals surface area contributed by atoms with Crippen LogP contribution < -0.4 is 10.4 Å². The van der Waals surface area contributed by atoms with Crippen LogP contribution in [0.1, 0.15) is 5.56 Å². The Balaban J connectivity index is 2.35. The summed E-state index contributed by atoms with van der Waals surface area (Å²) in [5.41, 5.74) is 3.28. The van der Waals surface area contributed by atoms with Gasteiger partial charge in [-0.2, -0.15) is 5.26 Å². The molecule has 2 aromatic carbocycles. The fraction of sp³-hybridized carbons (Fsp3) is 0.0667. The van der Waals surface area contributed by atoms with Crippen molar-refractivity contribution in [1.82, 2.24) is 9.97 Å². The largest absolute Gasteiger partial charge is 0.496 e. The van der Waals surface area contributed by atoms with Crippen molar-refractivity contribution in [2.75, 3.05) is 7.11 Å². The van der Waals surface area contributed by atoms with Gasteiger partial charge in [0.1, 0.15) is 5.75 Å². The molecule has 20 heavy (non-hydrogen) atoms. The van der Waals surface area contributed by atoms with Crippen molar-refractivity contribution in [3.8, 4) is 22.9 Å². The molecule has 0 radical (unpaired) electrons. The average Bonchev–Trinajstić information content (AvgIpc) is 2.86. The molecule has 0 unspecified atom stereocenters. The molecule has 0 spiro atoms. The zero-order chi connectivity index (χ0) is 14.1. The van der Waals surface area contributed by atoms with Crippen molar-refractivity contribution in [1.29, 1.82) is 5.26 Å². The summed E-state index contributed by atoms with van der Waals surface area (Å²) >= 11 is 0. The Morgan fingerprint density at radius 2 is 2.00 bits per heavy atom. The number of ether oxygens (including phenoxy) is 1. The van der Waals surface area contributed by atoms with Crippen LogP contribution in [0.5, 0.6) is 5.75 Å².